The standard InChI is InChI=1S/C8H6N2.BrH/c1-2-4-8-7(3-1)9-5-6-10-8;/h1-6H;1H. The Kier molecular flexibility index (Phi) is 2.54. The summed E-state index contributed by atoms with van der Waals surface area (Å²) in [6.07, 6.45) is 3.39. The third-order valence-corrected chi connectivity index (χ3v) is 1.38. The Morgan fingerprint density at radius 2 is 1.27 bits per heavy atom. The van der Waals surface area contributed by atoms with E-state index in [2.05, 4.69) is 9.97 Å². The van der Waals surface area contributed by atoms with E-state index in [1.54, 1.807) is 12.4 Å². The third kappa shape index (κ3) is 1.54. The Hall–Kier alpha value is -0.960. The summed E-state index contributed by atoms with van der Waals surface area (Å²) in [4.78, 5) is 8.24. The Bertz CT molecular complexity index is 283. The van der Waals surface area contributed by atoms with Gasteiger partial charge in [0.15, 0.2) is 0 Å². The zero-order chi connectivity index (χ0) is 6.81. The fourth-order valence-corrected chi connectivity index (χ4v) is 0.910. The quantitative estimate of drug-likeness (QED) is 0.667. The predicted molar refractivity (Wildman–Crippen MR) is 49.9 cm³/mol. The zero-order valence-electron chi connectivity index (χ0n) is 5.77. The average Bonchev–Trinajstić information content (AvgIpc) is 2.05. The van der Waals surface area contributed by atoms with Crippen LogP contribution in [-0.4, -0.2) is 9.97 Å². The molecule has 0 amide bonds. The number of para-hydroxylation sites is 2. The van der Waals surface area contributed by atoms with E-state index >= 15 is 0 Å². The first-order chi connectivity index (χ1) is 4.97. The van der Waals surface area contributed by atoms with E-state index in [1.165, 1.54) is 0 Å². The van der Waals surface area contributed by atoms with Crippen molar-refractivity contribution in [3.8, 4) is 0 Å². The number of hydrogen-bond acceptors (Lipinski definition) is 2. The smallest absolute Gasteiger partial charge is 0.0886 e. The van der Waals surface area contributed by atoms with Gasteiger partial charge in [0, 0.05) is 12.4 Å². The van der Waals surface area contributed by atoms with Gasteiger partial charge in [-0.2, -0.15) is 0 Å². The van der Waals surface area contributed by atoms with E-state index in [0.29, 0.717) is 0 Å². The van der Waals surface area contributed by atoms with Gasteiger partial charge in [0.05, 0.1) is 11.0 Å². The SMILES string of the molecule is Br.c1ccc2nccnc2c1. The predicted octanol–water partition coefficient (Wildman–Crippen LogP) is 2.21. The molecule has 3 heteroatoms. The summed E-state index contributed by atoms with van der Waals surface area (Å²) >= 11 is 0. The van der Waals surface area contributed by atoms with Crippen LogP contribution in [0.4, 0.5) is 0 Å². The molecule has 2 rings (SSSR count). The van der Waals surface area contributed by atoms with Crippen molar-refractivity contribution >= 4 is 28.0 Å². The van der Waals surface area contributed by atoms with Crippen LogP contribution in [-0.2, 0) is 0 Å². The molecule has 0 saturated carbocycles. The lowest BCUT2D eigenvalue weighted by Crippen LogP contribution is -1.78. The first-order valence-electron chi connectivity index (χ1n) is 3.12. The molecule has 1 heterocycles. The minimum Gasteiger partial charge on any atom is -0.253 e. The summed E-state index contributed by atoms with van der Waals surface area (Å²) in [5.41, 5.74) is 1.90. The van der Waals surface area contributed by atoms with Crippen LogP contribution in [0.15, 0.2) is 36.7 Å². The van der Waals surface area contributed by atoms with Gasteiger partial charge in [-0.25, -0.2) is 0 Å². The van der Waals surface area contributed by atoms with Crippen LogP contribution >= 0.6 is 17.0 Å². The molecule has 0 N–H and O–H groups in total. The number of benzene rings is 1. The van der Waals surface area contributed by atoms with Crippen molar-refractivity contribution in [1.29, 1.82) is 0 Å². The topological polar surface area (TPSA) is 25.8 Å². The van der Waals surface area contributed by atoms with Gasteiger partial charge in [-0.1, -0.05) is 12.1 Å². The Morgan fingerprint density at radius 3 is 1.73 bits per heavy atom. The molecule has 0 saturated heterocycles. The minimum absolute atomic E-state index is 0. The highest BCUT2D eigenvalue weighted by atomic mass is 79.9. The van der Waals surface area contributed by atoms with Crippen LogP contribution in [0.1, 0.15) is 0 Å². The summed E-state index contributed by atoms with van der Waals surface area (Å²) in [6.45, 7) is 0. The molecule has 1 aromatic carbocycles. The maximum Gasteiger partial charge on any atom is 0.0886 e. The van der Waals surface area contributed by atoms with Gasteiger partial charge in [-0.15, -0.1) is 17.0 Å². The first-order valence-corrected chi connectivity index (χ1v) is 3.12. The lowest BCUT2D eigenvalue weighted by molar-refractivity contribution is 1.29. The molecule has 0 atom stereocenters. The largest absolute Gasteiger partial charge is 0.253 e. The lowest BCUT2D eigenvalue weighted by atomic mass is 10.3. The molecular formula is C8H7BrN2. The number of aromatic nitrogens is 2. The summed E-state index contributed by atoms with van der Waals surface area (Å²) in [6, 6.07) is 7.80. The van der Waals surface area contributed by atoms with Gasteiger partial charge in [0.1, 0.15) is 0 Å². The van der Waals surface area contributed by atoms with Crippen molar-refractivity contribution in [3.63, 3.8) is 0 Å². The molecular weight excluding hydrogens is 204 g/mol. The van der Waals surface area contributed by atoms with Crippen molar-refractivity contribution < 1.29 is 0 Å². The molecule has 0 fully saturated rings. The van der Waals surface area contributed by atoms with Gasteiger partial charge in [-0.05, 0) is 12.1 Å². The van der Waals surface area contributed by atoms with Crippen LogP contribution in [0.3, 0.4) is 0 Å². The molecule has 0 aliphatic carbocycles. The molecule has 2 aromatic rings. The molecule has 0 bridgehead atoms. The van der Waals surface area contributed by atoms with Gasteiger partial charge in [-0.3, -0.25) is 9.97 Å². The van der Waals surface area contributed by atoms with Crippen molar-refractivity contribution in [1.82, 2.24) is 9.97 Å². The molecule has 0 aliphatic heterocycles. The number of halogens is 1. The van der Waals surface area contributed by atoms with E-state index in [1.807, 2.05) is 24.3 Å². The second kappa shape index (κ2) is 3.44. The summed E-state index contributed by atoms with van der Waals surface area (Å²) in [5.74, 6) is 0. The van der Waals surface area contributed by atoms with Gasteiger partial charge < -0.3 is 0 Å². The van der Waals surface area contributed by atoms with Crippen LogP contribution in [0, 0.1) is 0 Å². The van der Waals surface area contributed by atoms with E-state index < -0.39 is 0 Å². The van der Waals surface area contributed by atoms with E-state index in [9.17, 15) is 0 Å². The summed E-state index contributed by atoms with van der Waals surface area (Å²) < 4.78 is 0. The monoisotopic (exact) mass is 210 g/mol. The molecule has 0 spiro atoms. The molecule has 2 nitrogen and oxygen atoms in total. The fraction of sp³-hybridized carbons (Fsp3) is 0. The van der Waals surface area contributed by atoms with Crippen LogP contribution < -0.4 is 0 Å². The van der Waals surface area contributed by atoms with Crippen LogP contribution in [0.5, 0.6) is 0 Å². The van der Waals surface area contributed by atoms with Crippen molar-refractivity contribution in [2.75, 3.05) is 0 Å². The van der Waals surface area contributed by atoms with E-state index in [0.717, 1.165) is 11.0 Å². The van der Waals surface area contributed by atoms with Gasteiger partial charge >= 0.3 is 0 Å². The van der Waals surface area contributed by atoms with Crippen molar-refractivity contribution in [2.45, 2.75) is 0 Å². The van der Waals surface area contributed by atoms with Crippen LogP contribution in [0.2, 0.25) is 0 Å². The van der Waals surface area contributed by atoms with E-state index in [4.69, 9.17) is 0 Å². The maximum absolute atomic E-state index is 4.12. The normalized spacial score (nSPS) is 9.09. The minimum atomic E-state index is 0. The number of nitrogens with zero attached hydrogens (tertiary/aromatic N) is 2. The molecule has 11 heavy (non-hydrogen) atoms. The Morgan fingerprint density at radius 1 is 0.818 bits per heavy atom. The number of fused-ring (bicyclic) bond motifs is 1. The fourth-order valence-electron chi connectivity index (χ4n) is 0.910. The van der Waals surface area contributed by atoms with Gasteiger partial charge in [0.2, 0.25) is 0 Å². The molecule has 0 unspecified atom stereocenters. The zero-order valence-corrected chi connectivity index (χ0v) is 7.48. The molecule has 0 radical (unpaired) electrons. The highest BCUT2D eigenvalue weighted by Gasteiger charge is 1.88. The molecule has 1 aromatic heterocycles. The van der Waals surface area contributed by atoms with E-state index in [-0.39, 0.29) is 17.0 Å². The van der Waals surface area contributed by atoms with Crippen molar-refractivity contribution in [2.24, 2.45) is 0 Å². The molecule has 0 aliphatic rings. The average molecular weight is 211 g/mol. The Balaban J connectivity index is 0.000000605. The summed E-state index contributed by atoms with van der Waals surface area (Å²) in [5, 5.41) is 0. The lowest BCUT2D eigenvalue weighted by Gasteiger charge is -1.90. The first kappa shape index (κ1) is 8.14. The second-order valence-corrected chi connectivity index (χ2v) is 2.05. The maximum atomic E-state index is 4.12. The highest BCUT2D eigenvalue weighted by molar-refractivity contribution is 8.93. The summed E-state index contributed by atoms with van der Waals surface area (Å²) in [7, 11) is 0. The number of rotatable bonds is 0. The van der Waals surface area contributed by atoms with Gasteiger partial charge in [0.25, 0.3) is 0 Å². The third-order valence-electron chi connectivity index (χ3n) is 1.38. The Labute approximate surface area is 75.1 Å². The van der Waals surface area contributed by atoms with Crippen LogP contribution in [0.25, 0.3) is 11.0 Å². The second-order valence-electron chi connectivity index (χ2n) is 2.05. The highest BCUT2D eigenvalue weighted by Crippen LogP contribution is 2.04. The number of hydrogen-bond donors (Lipinski definition) is 0. The van der Waals surface area contributed by atoms with Crippen molar-refractivity contribution in [3.05, 3.63) is 36.7 Å². The molecule has 56 valence electrons.